The van der Waals surface area contributed by atoms with Gasteiger partial charge in [0.1, 0.15) is 23.0 Å². The number of ether oxygens (including phenoxy) is 2. The normalized spacial score (nSPS) is 23.4. The van der Waals surface area contributed by atoms with Crippen LogP contribution in [0.4, 0.5) is 29.1 Å². The number of aromatic nitrogens is 1. The molecule has 2 heterocycles. The molecule has 0 fully saturated rings. The van der Waals surface area contributed by atoms with Crippen LogP contribution < -0.4 is 21.5 Å². The molecule has 2 atom stereocenters. The highest BCUT2D eigenvalue weighted by molar-refractivity contribution is 6.07. The van der Waals surface area contributed by atoms with Crippen LogP contribution in [-0.2, 0) is 10.3 Å². The van der Waals surface area contributed by atoms with Gasteiger partial charge in [-0.05, 0) is 38.1 Å². The summed E-state index contributed by atoms with van der Waals surface area (Å²) in [5.74, 6) is -2.08. The van der Waals surface area contributed by atoms with E-state index in [1.54, 1.807) is 0 Å². The van der Waals surface area contributed by atoms with E-state index in [-0.39, 0.29) is 28.5 Å². The third-order valence-corrected chi connectivity index (χ3v) is 5.20. The molecular formula is C20H21F4N5O3. The van der Waals surface area contributed by atoms with Crippen LogP contribution in [0.5, 0.6) is 5.88 Å². The van der Waals surface area contributed by atoms with Gasteiger partial charge in [0.05, 0.1) is 19.3 Å². The van der Waals surface area contributed by atoms with Crippen LogP contribution in [-0.4, -0.2) is 42.2 Å². The molecule has 0 aliphatic carbocycles. The van der Waals surface area contributed by atoms with Crippen molar-refractivity contribution in [1.29, 1.82) is 0 Å². The van der Waals surface area contributed by atoms with Crippen molar-refractivity contribution in [2.75, 3.05) is 24.8 Å². The minimum Gasteiger partial charge on any atom is -0.481 e. The second-order valence-electron chi connectivity index (χ2n) is 7.53. The fourth-order valence-electron chi connectivity index (χ4n) is 3.10. The number of hydrogen-bond acceptors (Lipinski definition) is 7. The third kappa shape index (κ3) is 4.05. The molecular weight excluding hydrogens is 434 g/mol. The lowest BCUT2D eigenvalue weighted by molar-refractivity contribution is -0.249. The van der Waals surface area contributed by atoms with Crippen molar-refractivity contribution < 1.29 is 31.8 Å². The number of methoxy groups -OCH3 is 1. The molecule has 1 amide bonds. The van der Waals surface area contributed by atoms with E-state index >= 15 is 0 Å². The Balaban J connectivity index is 1.92. The first-order valence-electron chi connectivity index (χ1n) is 9.29. The number of carbonyl (C=O) groups excluding carboxylic acids is 1. The molecule has 1 aliphatic rings. The molecule has 0 bridgehead atoms. The molecule has 1 aromatic carbocycles. The van der Waals surface area contributed by atoms with E-state index in [9.17, 15) is 22.4 Å². The van der Waals surface area contributed by atoms with Gasteiger partial charge >= 0.3 is 6.18 Å². The number of nitrogen functional groups attached to an aromatic ring is 1. The SMILES string of the molecule is COc1ccc(C(=O)Nc2ccc(F)c([C@]3(C)CO[C@@](C)(C(F)(F)F)C(N)=N3)c2)c(N)n1. The number of amidine groups is 1. The molecule has 0 radical (unpaired) electrons. The number of hydrogen-bond donors (Lipinski definition) is 3. The molecule has 5 N–H and O–H groups in total. The van der Waals surface area contributed by atoms with Crippen molar-refractivity contribution in [2.24, 2.45) is 10.7 Å². The Morgan fingerprint density at radius 3 is 2.47 bits per heavy atom. The van der Waals surface area contributed by atoms with Crippen molar-refractivity contribution in [1.82, 2.24) is 4.98 Å². The molecule has 1 aliphatic heterocycles. The number of amides is 1. The summed E-state index contributed by atoms with van der Waals surface area (Å²) in [6.07, 6.45) is -4.80. The van der Waals surface area contributed by atoms with E-state index in [0.717, 1.165) is 13.0 Å². The maximum absolute atomic E-state index is 14.6. The lowest BCUT2D eigenvalue weighted by Gasteiger charge is -2.41. The number of rotatable bonds is 4. The quantitative estimate of drug-likeness (QED) is 0.609. The van der Waals surface area contributed by atoms with E-state index < -0.39 is 41.5 Å². The number of aliphatic imine (C=N–C) groups is 1. The second-order valence-corrected chi connectivity index (χ2v) is 7.53. The summed E-state index contributed by atoms with van der Waals surface area (Å²) in [6, 6.07) is 6.42. The summed E-state index contributed by atoms with van der Waals surface area (Å²) >= 11 is 0. The van der Waals surface area contributed by atoms with E-state index in [1.165, 1.54) is 38.3 Å². The Bertz CT molecular complexity index is 1090. The highest BCUT2D eigenvalue weighted by Crippen LogP contribution is 2.41. The van der Waals surface area contributed by atoms with Crippen molar-refractivity contribution in [3.8, 4) is 5.88 Å². The number of carbonyl (C=O) groups is 1. The third-order valence-electron chi connectivity index (χ3n) is 5.20. The van der Waals surface area contributed by atoms with Gasteiger partial charge in [-0.1, -0.05) is 0 Å². The Labute approximate surface area is 180 Å². The van der Waals surface area contributed by atoms with Crippen molar-refractivity contribution in [3.05, 3.63) is 47.3 Å². The molecule has 1 aromatic heterocycles. The van der Waals surface area contributed by atoms with Gasteiger partial charge in [-0.3, -0.25) is 9.79 Å². The molecule has 0 saturated heterocycles. The second kappa shape index (κ2) is 7.93. The number of benzene rings is 1. The summed E-state index contributed by atoms with van der Waals surface area (Å²) < 4.78 is 64.6. The fourth-order valence-corrected chi connectivity index (χ4v) is 3.10. The zero-order valence-corrected chi connectivity index (χ0v) is 17.4. The maximum atomic E-state index is 14.6. The Morgan fingerprint density at radius 2 is 1.91 bits per heavy atom. The first-order chi connectivity index (χ1) is 14.8. The molecule has 0 spiro atoms. The first-order valence-corrected chi connectivity index (χ1v) is 9.29. The summed E-state index contributed by atoms with van der Waals surface area (Å²) in [4.78, 5) is 20.4. The van der Waals surface area contributed by atoms with E-state index in [2.05, 4.69) is 15.3 Å². The summed E-state index contributed by atoms with van der Waals surface area (Å²) in [5.41, 5.74) is 7.10. The summed E-state index contributed by atoms with van der Waals surface area (Å²) in [7, 11) is 1.39. The van der Waals surface area contributed by atoms with Crippen LogP contribution in [0, 0.1) is 5.82 Å². The number of alkyl halides is 3. The Morgan fingerprint density at radius 1 is 1.22 bits per heavy atom. The van der Waals surface area contributed by atoms with Gasteiger partial charge in [0.15, 0.2) is 0 Å². The molecule has 2 aromatic rings. The van der Waals surface area contributed by atoms with Crippen LogP contribution in [0.15, 0.2) is 35.3 Å². The predicted octanol–water partition coefficient (Wildman–Crippen LogP) is 2.99. The average molecular weight is 455 g/mol. The van der Waals surface area contributed by atoms with Gasteiger partial charge in [-0.25, -0.2) is 4.39 Å². The highest BCUT2D eigenvalue weighted by Gasteiger charge is 2.59. The Kier molecular flexibility index (Phi) is 5.77. The standard InChI is InChI=1S/C20H21F4N5O3/c1-18(9-32-19(2,17(26)29-18)20(22,23)24)12-8-10(4-6-13(12)21)27-16(30)11-5-7-14(31-3)28-15(11)25/h4-8H,9H2,1-3H3,(H2,25,28)(H2,26,29)(H,27,30)/t18-,19+/m0/s1. The molecule has 32 heavy (non-hydrogen) atoms. The van der Waals surface area contributed by atoms with Crippen LogP contribution in [0.25, 0.3) is 0 Å². The molecule has 8 nitrogen and oxygen atoms in total. The zero-order valence-electron chi connectivity index (χ0n) is 17.4. The van der Waals surface area contributed by atoms with Gasteiger partial charge in [0.25, 0.3) is 5.91 Å². The minimum absolute atomic E-state index is 0.0482. The largest absolute Gasteiger partial charge is 0.481 e. The number of nitrogens with zero attached hydrogens (tertiary/aromatic N) is 2. The van der Waals surface area contributed by atoms with Crippen LogP contribution in [0.3, 0.4) is 0 Å². The van der Waals surface area contributed by atoms with Crippen molar-refractivity contribution in [3.63, 3.8) is 0 Å². The fraction of sp³-hybridized carbons (Fsp3) is 0.350. The number of pyridine rings is 1. The van der Waals surface area contributed by atoms with E-state index in [4.69, 9.17) is 20.9 Å². The number of halogens is 4. The van der Waals surface area contributed by atoms with E-state index in [0.29, 0.717) is 0 Å². The molecule has 12 heteroatoms. The first kappa shape index (κ1) is 23.3. The van der Waals surface area contributed by atoms with Crippen molar-refractivity contribution in [2.45, 2.75) is 31.2 Å². The van der Waals surface area contributed by atoms with Crippen molar-refractivity contribution >= 4 is 23.2 Å². The molecule has 172 valence electrons. The van der Waals surface area contributed by atoms with Crippen LogP contribution >= 0.6 is 0 Å². The van der Waals surface area contributed by atoms with E-state index in [1.807, 2.05) is 0 Å². The molecule has 0 unspecified atom stereocenters. The summed E-state index contributed by atoms with van der Waals surface area (Å²) in [5, 5.41) is 2.55. The van der Waals surface area contributed by atoms with Gasteiger partial charge in [0.2, 0.25) is 11.5 Å². The number of anilines is 2. The zero-order chi connectivity index (χ0) is 23.9. The Hall–Kier alpha value is -3.41. The van der Waals surface area contributed by atoms with Gasteiger partial charge in [-0.15, -0.1) is 0 Å². The predicted molar refractivity (Wildman–Crippen MR) is 109 cm³/mol. The van der Waals surface area contributed by atoms with Gasteiger partial charge < -0.3 is 26.3 Å². The van der Waals surface area contributed by atoms with Crippen LogP contribution in [0.2, 0.25) is 0 Å². The molecule has 3 rings (SSSR count). The molecule has 0 saturated carbocycles. The average Bonchev–Trinajstić information content (AvgIpc) is 2.71. The number of nitrogens with one attached hydrogen (secondary N) is 1. The number of nitrogens with two attached hydrogens (primary N) is 2. The lowest BCUT2D eigenvalue weighted by atomic mass is 9.89. The topological polar surface area (TPSA) is 125 Å². The highest BCUT2D eigenvalue weighted by atomic mass is 19.4. The monoisotopic (exact) mass is 455 g/mol. The van der Waals surface area contributed by atoms with Crippen LogP contribution in [0.1, 0.15) is 29.8 Å². The smallest absolute Gasteiger partial charge is 0.424 e. The minimum atomic E-state index is -4.80. The lowest BCUT2D eigenvalue weighted by Crippen LogP contribution is -2.60. The summed E-state index contributed by atoms with van der Waals surface area (Å²) in [6.45, 7) is 1.55. The van der Waals surface area contributed by atoms with Gasteiger partial charge in [0, 0.05) is 17.3 Å². The maximum Gasteiger partial charge on any atom is 0.424 e. The van der Waals surface area contributed by atoms with Gasteiger partial charge in [-0.2, -0.15) is 18.2 Å².